The summed E-state index contributed by atoms with van der Waals surface area (Å²) >= 11 is 0. The number of carboxylic acids is 1. The summed E-state index contributed by atoms with van der Waals surface area (Å²) in [7, 11) is -1.43. The minimum atomic E-state index is -1.43. The topological polar surface area (TPSA) is 37.3 Å². The van der Waals surface area contributed by atoms with Crippen molar-refractivity contribution in [3.05, 3.63) is 34.9 Å². The van der Waals surface area contributed by atoms with E-state index in [1.807, 2.05) is 6.07 Å². The Morgan fingerprint density at radius 2 is 2.00 bits per heavy atom. The molecule has 0 heterocycles. The normalized spacial score (nSPS) is 10.6. The number of rotatable bonds is 2. The zero-order valence-electron chi connectivity index (χ0n) is 10.8. The summed E-state index contributed by atoms with van der Waals surface area (Å²) in [6, 6.07) is 5.17. The summed E-state index contributed by atoms with van der Waals surface area (Å²) in [5, 5.41) is 8.96. The van der Waals surface area contributed by atoms with E-state index in [0.717, 1.165) is 17.5 Å². The average molecular weight is 246 g/mol. The number of carbonyl (C=O) groups is 1. The third-order valence-electron chi connectivity index (χ3n) is 2.31. The van der Waals surface area contributed by atoms with Crippen molar-refractivity contribution in [1.29, 1.82) is 0 Å². The predicted octanol–water partition coefficient (Wildman–Crippen LogP) is 3.18. The highest BCUT2D eigenvalue weighted by molar-refractivity contribution is 6.83. The van der Waals surface area contributed by atoms with E-state index in [4.69, 9.17) is 5.11 Å². The molecule has 0 aliphatic carbocycles. The Morgan fingerprint density at radius 3 is 2.47 bits per heavy atom. The largest absolute Gasteiger partial charge is 0.478 e. The Morgan fingerprint density at radius 1 is 1.35 bits per heavy atom. The van der Waals surface area contributed by atoms with Crippen molar-refractivity contribution in [2.45, 2.75) is 33.0 Å². The van der Waals surface area contributed by atoms with E-state index in [-0.39, 0.29) is 0 Å². The molecule has 1 aromatic carbocycles. The number of hydrogen-bond donors (Lipinski definition) is 1. The first kappa shape index (κ1) is 13.5. The molecular weight excluding hydrogens is 228 g/mol. The first-order chi connectivity index (χ1) is 7.83. The molecule has 2 nitrogen and oxygen atoms in total. The Kier molecular flexibility index (Phi) is 4.14. The van der Waals surface area contributed by atoms with Gasteiger partial charge in [0.05, 0.1) is 5.56 Å². The number of carboxylic acid groups (broad SMARTS) is 1. The monoisotopic (exact) mass is 246 g/mol. The van der Waals surface area contributed by atoms with Gasteiger partial charge >= 0.3 is 5.97 Å². The third kappa shape index (κ3) is 4.08. The van der Waals surface area contributed by atoms with Gasteiger partial charge in [-0.25, -0.2) is 4.79 Å². The molecule has 1 aromatic rings. The van der Waals surface area contributed by atoms with Crippen LogP contribution < -0.4 is 0 Å². The van der Waals surface area contributed by atoms with Crippen LogP contribution in [0.3, 0.4) is 0 Å². The summed E-state index contributed by atoms with van der Waals surface area (Å²) < 4.78 is 0. The molecule has 1 rings (SSSR count). The van der Waals surface area contributed by atoms with Gasteiger partial charge in [0.1, 0.15) is 8.07 Å². The molecule has 90 valence electrons. The Bertz CT molecular complexity index is 487. The molecule has 0 aromatic heterocycles. The van der Waals surface area contributed by atoms with Gasteiger partial charge in [-0.1, -0.05) is 38.6 Å². The van der Waals surface area contributed by atoms with E-state index in [1.54, 1.807) is 12.1 Å². The van der Waals surface area contributed by atoms with Crippen LogP contribution in [0.15, 0.2) is 18.2 Å². The van der Waals surface area contributed by atoms with Crippen molar-refractivity contribution in [2.75, 3.05) is 0 Å². The minimum absolute atomic E-state index is 0.307. The molecule has 0 amide bonds. The molecule has 0 bridgehead atoms. The molecule has 0 aliphatic rings. The van der Waals surface area contributed by atoms with Gasteiger partial charge in [-0.2, -0.15) is 0 Å². The van der Waals surface area contributed by atoms with Gasteiger partial charge < -0.3 is 5.11 Å². The molecule has 0 saturated carbocycles. The Balaban J connectivity index is 3.23. The van der Waals surface area contributed by atoms with Crippen molar-refractivity contribution in [2.24, 2.45) is 0 Å². The molecule has 0 atom stereocenters. The highest BCUT2D eigenvalue weighted by atomic mass is 28.3. The SMILES string of the molecule is CCc1ccc(C(=O)O)cc1C#C[Si](C)(C)C. The maximum Gasteiger partial charge on any atom is 0.335 e. The fourth-order valence-electron chi connectivity index (χ4n) is 1.39. The lowest BCUT2D eigenvalue weighted by atomic mass is 10.0. The van der Waals surface area contributed by atoms with E-state index in [9.17, 15) is 4.79 Å². The highest BCUT2D eigenvalue weighted by Gasteiger charge is 2.09. The van der Waals surface area contributed by atoms with Crippen LogP contribution in [0.5, 0.6) is 0 Å². The van der Waals surface area contributed by atoms with Crippen molar-refractivity contribution >= 4 is 14.0 Å². The molecule has 0 spiro atoms. The Hall–Kier alpha value is -1.53. The van der Waals surface area contributed by atoms with E-state index >= 15 is 0 Å². The van der Waals surface area contributed by atoms with E-state index in [2.05, 4.69) is 38.0 Å². The molecule has 0 saturated heterocycles. The molecule has 0 unspecified atom stereocenters. The van der Waals surface area contributed by atoms with Gasteiger partial charge in [-0.3, -0.25) is 0 Å². The van der Waals surface area contributed by atoms with E-state index in [1.165, 1.54) is 0 Å². The molecule has 0 aliphatic heterocycles. The summed E-state index contributed by atoms with van der Waals surface area (Å²) in [5.41, 5.74) is 5.55. The van der Waals surface area contributed by atoms with Crippen LogP contribution in [-0.4, -0.2) is 19.1 Å². The summed E-state index contributed by atoms with van der Waals surface area (Å²) in [6.45, 7) is 8.57. The second kappa shape index (κ2) is 5.20. The van der Waals surface area contributed by atoms with Crippen LogP contribution >= 0.6 is 0 Å². The molecule has 3 heteroatoms. The zero-order chi connectivity index (χ0) is 13.1. The van der Waals surface area contributed by atoms with Crippen LogP contribution in [0.2, 0.25) is 19.6 Å². The van der Waals surface area contributed by atoms with Gasteiger partial charge in [-0.05, 0) is 24.1 Å². The minimum Gasteiger partial charge on any atom is -0.478 e. The lowest BCUT2D eigenvalue weighted by Crippen LogP contribution is -2.16. The molecule has 0 radical (unpaired) electrons. The van der Waals surface area contributed by atoms with E-state index in [0.29, 0.717) is 5.56 Å². The molecule has 17 heavy (non-hydrogen) atoms. The zero-order valence-corrected chi connectivity index (χ0v) is 11.8. The molecule has 1 N–H and O–H groups in total. The molecule has 0 fully saturated rings. The number of benzene rings is 1. The fourth-order valence-corrected chi connectivity index (χ4v) is 1.90. The van der Waals surface area contributed by atoms with Gasteiger partial charge in [0.2, 0.25) is 0 Å². The van der Waals surface area contributed by atoms with Gasteiger partial charge in [0, 0.05) is 5.56 Å². The van der Waals surface area contributed by atoms with Crippen molar-refractivity contribution in [1.82, 2.24) is 0 Å². The summed E-state index contributed by atoms with van der Waals surface area (Å²) in [6.07, 6.45) is 0.871. The van der Waals surface area contributed by atoms with Crippen LogP contribution in [0.4, 0.5) is 0 Å². The van der Waals surface area contributed by atoms with Crippen LogP contribution in [0, 0.1) is 11.5 Å². The third-order valence-corrected chi connectivity index (χ3v) is 3.18. The lowest BCUT2D eigenvalue weighted by molar-refractivity contribution is 0.0697. The number of hydrogen-bond acceptors (Lipinski definition) is 1. The predicted molar refractivity (Wildman–Crippen MR) is 73.0 cm³/mol. The number of aromatic carboxylic acids is 1. The van der Waals surface area contributed by atoms with Crippen molar-refractivity contribution in [3.63, 3.8) is 0 Å². The quantitative estimate of drug-likeness (QED) is 0.643. The standard InChI is InChI=1S/C14H18O2Si/c1-5-11-6-7-13(14(15)16)10-12(11)8-9-17(2,3)4/h6-7,10H,5H2,1-4H3,(H,15,16). The first-order valence-corrected chi connectivity index (χ1v) is 9.23. The first-order valence-electron chi connectivity index (χ1n) is 5.73. The number of aryl methyl sites for hydroxylation is 1. The smallest absolute Gasteiger partial charge is 0.335 e. The average Bonchev–Trinajstić information content (AvgIpc) is 2.24. The van der Waals surface area contributed by atoms with Gasteiger partial charge in [0.25, 0.3) is 0 Å². The summed E-state index contributed by atoms with van der Waals surface area (Å²) in [4.78, 5) is 10.9. The van der Waals surface area contributed by atoms with Crippen LogP contribution in [-0.2, 0) is 6.42 Å². The Labute approximate surface area is 104 Å². The summed E-state index contributed by atoms with van der Waals surface area (Å²) in [5.74, 6) is 2.25. The van der Waals surface area contributed by atoms with Gasteiger partial charge in [0.15, 0.2) is 0 Å². The fraction of sp³-hybridized carbons (Fsp3) is 0.357. The van der Waals surface area contributed by atoms with E-state index < -0.39 is 14.0 Å². The van der Waals surface area contributed by atoms with Crippen molar-refractivity contribution < 1.29 is 9.90 Å². The maximum atomic E-state index is 10.9. The van der Waals surface area contributed by atoms with Crippen molar-refractivity contribution in [3.8, 4) is 11.5 Å². The second-order valence-corrected chi connectivity index (χ2v) is 9.78. The molecular formula is C14H18O2Si. The van der Waals surface area contributed by atoms with Crippen LogP contribution in [0.25, 0.3) is 0 Å². The van der Waals surface area contributed by atoms with Gasteiger partial charge in [-0.15, -0.1) is 5.54 Å². The maximum absolute atomic E-state index is 10.9. The van der Waals surface area contributed by atoms with Crippen LogP contribution in [0.1, 0.15) is 28.4 Å². The lowest BCUT2D eigenvalue weighted by Gasteiger charge is -2.06. The second-order valence-electron chi connectivity index (χ2n) is 5.03. The highest BCUT2D eigenvalue weighted by Crippen LogP contribution is 2.12.